The van der Waals surface area contributed by atoms with E-state index in [2.05, 4.69) is 124 Å². The highest BCUT2D eigenvalue weighted by molar-refractivity contribution is 7.80. The van der Waals surface area contributed by atoms with Gasteiger partial charge in [-0.15, -0.1) is 0 Å². The fraction of sp³-hybridized carbons (Fsp3) is 0.622. The summed E-state index contributed by atoms with van der Waals surface area (Å²) in [7, 11) is 0. The molecule has 0 saturated carbocycles. The number of unbranched alkanes of at least 4 members (excludes halogenated alkanes) is 1. The average molecular weight is 2150 g/mol. The average Bonchev–Trinajstić information content (AvgIpc) is 1.31. The number of rotatable bonds is 74. The summed E-state index contributed by atoms with van der Waals surface area (Å²) in [5.41, 5.74) is 33.8. The molecule has 0 saturated heterocycles. The standard InChI is InChI=1S/C90H148N30O29S/c1-43(2)30-57(113-73(134)50(92)39-121)83(144)118-63(40-122)87(148)105-46(7)72(133)107-55(22-25-68(127)128)81(142)115-60(33-48-16-10-9-11-17-48)84(145)109-51(18-12-13-27-91)77(138)116-61(34-49-36-99-42-104-49)85(146)114-59(32-45(5)6)86(147)120-71(47(8)123)88(149)117-58(31-44(3)4)82(143)110-52(19-14-28-100-89(95)96)76(137)112-56(23-26-69(129)130)80(141)111-54(21-24-65(93)124)79(140)108-53(20-15-29-101-90(97)98)78(139)119-64(41-150)75(136)102-37-67(126)106-62(35-66(94)125)74(135)103-38-70(131)132/h9-11,16-17,36,42-47,50-64,71,121-123,150H,12-15,18-35,37-41,91-92H2,1-8H3,(H2,93,124)(H2,94,125)(H,99,104)(H,102,136)(H,103,135)(H,105,148)(H,106,126)(H,107,133)(H,108,140)(H,109,145)(H,110,143)(H,111,141)(H,112,137)(H,113,134)(H,114,146)(H,115,142)(H,116,138)(H,117,149)(H,118,144)(H,119,139)(H,120,147)(H,127,128)(H,129,130)(H,131,132)(H4,95,96,100)(H4,97,98,101)/t46-,47+,50-,51-,52-,53-,54-,55-,56-,57-,58-,59-,60-,61-,62-,63-,64-,71-/m0/s1. The zero-order chi connectivity index (χ0) is 113. The van der Waals surface area contributed by atoms with Crippen molar-refractivity contribution < 1.29 is 141 Å². The van der Waals surface area contributed by atoms with E-state index in [1.165, 1.54) is 12.5 Å². The van der Waals surface area contributed by atoms with Crippen molar-refractivity contribution in [3.63, 3.8) is 0 Å². The van der Waals surface area contributed by atoms with Gasteiger partial charge in [0.25, 0.3) is 0 Å². The highest BCUT2D eigenvalue weighted by Gasteiger charge is 2.41. The molecule has 60 heteroatoms. The second-order valence-electron chi connectivity index (χ2n) is 36.5. The molecule has 838 valence electrons. The van der Waals surface area contributed by atoms with Crippen molar-refractivity contribution in [1.82, 2.24) is 116 Å². The smallest absolute Gasteiger partial charge is 0.322 e. The van der Waals surface area contributed by atoms with Crippen molar-refractivity contribution in [1.29, 1.82) is 10.8 Å². The number of hydrogen-bond acceptors (Lipinski definition) is 32. The van der Waals surface area contributed by atoms with E-state index in [1.807, 2.05) is 5.32 Å². The van der Waals surface area contributed by atoms with Crippen LogP contribution in [0.4, 0.5) is 0 Å². The minimum Gasteiger partial charge on any atom is -0.481 e. The van der Waals surface area contributed by atoms with Crippen molar-refractivity contribution >= 4 is 161 Å². The minimum absolute atomic E-state index is 0.0112. The number of nitrogens with two attached hydrogens (primary N) is 6. The first-order chi connectivity index (χ1) is 70.5. The number of amides is 20. The molecule has 41 N–H and O–H groups in total. The molecule has 0 aliphatic carbocycles. The van der Waals surface area contributed by atoms with Crippen LogP contribution in [-0.4, -0.2) is 349 Å². The first-order valence-corrected chi connectivity index (χ1v) is 48.9. The number of hydrogen-bond donors (Lipinski definition) is 36. The van der Waals surface area contributed by atoms with Crippen molar-refractivity contribution in [2.24, 2.45) is 52.2 Å². The summed E-state index contributed by atoms with van der Waals surface area (Å²) >= 11 is 4.13. The number of primary amides is 2. The molecule has 1 aromatic heterocycles. The number of aromatic nitrogens is 2. The van der Waals surface area contributed by atoms with Crippen LogP contribution in [0.5, 0.6) is 0 Å². The first kappa shape index (κ1) is 131. The molecule has 0 spiro atoms. The number of carbonyl (C=O) groups excluding carboxylic acids is 20. The third kappa shape index (κ3) is 52.5. The molecule has 0 bridgehead atoms. The van der Waals surface area contributed by atoms with E-state index in [0.717, 1.165) is 13.8 Å². The van der Waals surface area contributed by atoms with Gasteiger partial charge < -0.3 is 176 Å². The Bertz CT molecular complexity index is 4890. The Morgan fingerprint density at radius 2 is 0.740 bits per heavy atom. The van der Waals surface area contributed by atoms with Gasteiger partial charge in [-0.3, -0.25) is 121 Å². The van der Waals surface area contributed by atoms with E-state index < -0.39 is 358 Å². The lowest BCUT2D eigenvalue weighted by atomic mass is 9.99. The molecule has 59 nitrogen and oxygen atoms in total. The summed E-state index contributed by atoms with van der Waals surface area (Å²) < 4.78 is 0. The van der Waals surface area contributed by atoms with Gasteiger partial charge in [0.2, 0.25) is 118 Å². The predicted molar refractivity (Wildman–Crippen MR) is 536 cm³/mol. The number of aliphatic hydroxyl groups excluding tert-OH is 3. The number of aliphatic carboxylic acids is 3. The van der Waals surface area contributed by atoms with Gasteiger partial charge in [0.05, 0.1) is 38.6 Å². The summed E-state index contributed by atoms with van der Waals surface area (Å²) in [6, 6.07) is -20.7. The Morgan fingerprint density at radius 1 is 0.373 bits per heavy atom. The molecule has 150 heavy (non-hydrogen) atoms. The second-order valence-corrected chi connectivity index (χ2v) is 36.9. The minimum atomic E-state index is -1.99. The number of benzene rings is 1. The molecular formula is C90H148N30O29S. The number of thiol groups is 1. The van der Waals surface area contributed by atoms with Gasteiger partial charge in [0, 0.05) is 62.8 Å². The first-order valence-electron chi connectivity index (χ1n) is 48.3. The monoisotopic (exact) mass is 2150 g/mol. The number of aliphatic hydroxyl groups is 3. The van der Waals surface area contributed by atoms with Crippen molar-refractivity contribution in [3.8, 4) is 0 Å². The van der Waals surface area contributed by atoms with E-state index in [1.54, 1.807) is 71.9 Å². The maximum absolute atomic E-state index is 15.0. The summed E-state index contributed by atoms with van der Waals surface area (Å²) in [5.74, 6) is -29.4. The molecule has 1 heterocycles. The molecule has 1 aromatic carbocycles. The second kappa shape index (κ2) is 69.2. The molecule has 18 atom stereocenters. The number of carbonyl (C=O) groups is 23. The highest BCUT2D eigenvalue weighted by atomic mass is 32.1. The summed E-state index contributed by atoms with van der Waals surface area (Å²) in [6.07, 6.45) is -6.32. The lowest BCUT2D eigenvalue weighted by molar-refractivity contribution is -0.139. The molecule has 0 aliphatic rings. The number of nitrogens with zero attached hydrogens (tertiary/aromatic N) is 1. The van der Waals surface area contributed by atoms with Crippen molar-refractivity contribution in [2.75, 3.05) is 51.7 Å². The number of nitrogens with one attached hydrogen (secondary N) is 23. The van der Waals surface area contributed by atoms with Gasteiger partial charge in [0.15, 0.2) is 11.9 Å². The van der Waals surface area contributed by atoms with Crippen LogP contribution in [0.1, 0.15) is 176 Å². The lowest BCUT2D eigenvalue weighted by Crippen LogP contribution is -2.62. The van der Waals surface area contributed by atoms with Crippen LogP contribution in [0.3, 0.4) is 0 Å². The van der Waals surface area contributed by atoms with E-state index in [0.29, 0.717) is 5.56 Å². The number of aromatic amines is 1. The summed E-state index contributed by atoms with van der Waals surface area (Å²) in [4.78, 5) is 321. The zero-order valence-corrected chi connectivity index (χ0v) is 85.6. The van der Waals surface area contributed by atoms with Gasteiger partial charge in [-0.05, 0) is 127 Å². The molecular weight excluding hydrogens is 2000 g/mol. The normalized spacial score (nSPS) is 14.7. The third-order valence-corrected chi connectivity index (χ3v) is 22.5. The Labute approximate surface area is 869 Å². The van der Waals surface area contributed by atoms with E-state index >= 15 is 4.79 Å². The van der Waals surface area contributed by atoms with Crippen LogP contribution in [0.15, 0.2) is 42.9 Å². The van der Waals surface area contributed by atoms with E-state index in [9.17, 15) is 131 Å². The quantitative estimate of drug-likeness (QED) is 0.0127. The maximum atomic E-state index is 15.0. The Kier molecular flexibility index (Phi) is 60.4. The Morgan fingerprint density at radius 3 is 1.13 bits per heavy atom. The van der Waals surface area contributed by atoms with Crippen LogP contribution in [0.25, 0.3) is 0 Å². The van der Waals surface area contributed by atoms with Crippen molar-refractivity contribution in [2.45, 2.75) is 286 Å². The van der Waals surface area contributed by atoms with Gasteiger partial charge in [-0.2, -0.15) is 12.6 Å². The SMILES string of the molecule is CC(C)C[C@H](NC(=O)[C@H](Cc1cnc[nH]1)NC(=O)[C@H](CCCCN)NC(=O)[C@H](Cc1ccccc1)NC(=O)[C@H](CCC(=O)O)NC(=O)[C@H](C)NC(=O)[C@H](CO)NC(=O)[C@H](CC(C)C)NC(=O)[C@@H](N)CO)C(=O)N[C@H](C(=O)N[C@@H](CC(C)C)C(=O)N[C@@H](CCCNC(=N)N)C(=O)N[C@@H](CCC(=O)O)C(=O)N[C@@H](CCC(N)=O)C(=O)N[C@@H](CCCNC(=N)N)C(=O)N[C@@H](CS)C(=O)NCC(=O)N[C@@H](CC(N)=O)C(=O)NCC(=O)O)[C@@H](C)O. The Hall–Kier alpha value is -15.1. The molecule has 2 aromatic rings. The number of carboxylic acid groups (broad SMARTS) is 3. The van der Waals surface area contributed by atoms with Crippen LogP contribution in [0.2, 0.25) is 0 Å². The number of carboxylic acids is 3. The maximum Gasteiger partial charge on any atom is 0.322 e. The Balaban J connectivity index is 2.65. The highest BCUT2D eigenvalue weighted by Crippen LogP contribution is 2.17. The lowest BCUT2D eigenvalue weighted by Gasteiger charge is -2.30. The molecule has 0 aliphatic heterocycles. The van der Waals surface area contributed by atoms with Crippen molar-refractivity contribution in [3.05, 3.63) is 54.1 Å². The molecule has 0 radical (unpaired) electrons. The molecule has 0 unspecified atom stereocenters. The van der Waals surface area contributed by atoms with E-state index in [4.69, 9.17) is 50.3 Å². The van der Waals surface area contributed by atoms with Gasteiger partial charge >= 0.3 is 17.9 Å². The largest absolute Gasteiger partial charge is 0.481 e. The van der Waals surface area contributed by atoms with Gasteiger partial charge in [-0.25, -0.2) is 4.98 Å². The molecule has 20 amide bonds. The molecule has 2 rings (SSSR count). The van der Waals surface area contributed by atoms with E-state index in [-0.39, 0.29) is 95.5 Å². The fourth-order valence-corrected chi connectivity index (χ4v) is 14.5. The van der Waals surface area contributed by atoms with Crippen LogP contribution >= 0.6 is 12.6 Å². The van der Waals surface area contributed by atoms with Gasteiger partial charge in [0.1, 0.15) is 109 Å². The number of guanidine groups is 2. The summed E-state index contributed by atoms with van der Waals surface area (Å²) in [6.45, 7) is 8.39. The number of imidazole rings is 1. The topological polar surface area (TPSA) is 987 Å². The third-order valence-electron chi connectivity index (χ3n) is 22.1. The van der Waals surface area contributed by atoms with Crippen LogP contribution < -0.4 is 141 Å². The summed E-state index contributed by atoms with van der Waals surface area (Å²) in [5, 5.41) is 123. The molecule has 0 fully saturated rings. The predicted octanol–water partition coefficient (Wildman–Crippen LogP) is -12.4. The number of H-pyrrole nitrogens is 1. The zero-order valence-electron chi connectivity index (χ0n) is 84.7. The van der Waals surface area contributed by atoms with Crippen LogP contribution in [0, 0.1) is 28.6 Å². The van der Waals surface area contributed by atoms with Crippen LogP contribution in [-0.2, 0) is 123 Å². The fourth-order valence-electron chi connectivity index (χ4n) is 14.3. The van der Waals surface area contributed by atoms with Gasteiger partial charge in [-0.1, -0.05) is 71.9 Å².